The molecule has 3 amide bonds. The van der Waals surface area contributed by atoms with Crippen LogP contribution in [-0.4, -0.2) is 57.9 Å². The van der Waals surface area contributed by atoms with Crippen LogP contribution < -0.4 is 5.32 Å². The number of likely N-dealkylation sites (tertiary alicyclic amines) is 1. The first-order chi connectivity index (χ1) is 18.3. The lowest BCUT2D eigenvalue weighted by Crippen LogP contribution is -2.51. The molecule has 1 unspecified atom stereocenters. The zero-order valence-corrected chi connectivity index (χ0v) is 21.9. The normalized spacial score (nSPS) is 16.4. The summed E-state index contributed by atoms with van der Waals surface area (Å²) in [6.07, 6.45) is 2.46. The average molecular weight is 522 g/mol. The number of aryl methyl sites for hydroxylation is 2. The SMILES string of the molecule is CCc1ccc(COC(=O)C(CC(=O)N2CCC(N3Cc4ccccc4NC3=O)CC2)C(=O)O)cc1CC. The van der Waals surface area contributed by atoms with Crippen LogP contribution in [0.4, 0.5) is 10.5 Å². The van der Waals surface area contributed by atoms with Crippen LogP contribution in [0.2, 0.25) is 0 Å². The number of amides is 3. The molecule has 0 spiro atoms. The molecule has 2 aromatic carbocycles. The van der Waals surface area contributed by atoms with Crippen LogP contribution >= 0.6 is 0 Å². The van der Waals surface area contributed by atoms with Crippen molar-refractivity contribution in [1.82, 2.24) is 9.80 Å². The molecule has 2 heterocycles. The standard InChI is InChI=1S/C29H35N3O6/c1-3-20-10-9-19(15-21(20)4-2)18-38-28(36)24(27(34)35)16-26(33)31-13-11-23(12-14-31)32-17-22-7-5-6-8-25(22)30-29(32)37/h5-10,15,23-24H,3-4,11-14,16-18H2,1-2H3,(H,30,37)(H,34,35). The molecule has 2 N–H and O–H groups in total. The number of esters is 1. The lowest BCUT2D eigenvalue weighted by atomic mass is 9.99. The minimum absolute atomic E-state index is 0.0280. The van der Waals surface area contributed by atoms with E-state index in [0.717, 1.165) is 29.7 Å². The zero-order valence-electron chi connectivity index (χ0n) is 21.9. The van der Waals surface area contributed by atoms with Gasteiger partial charge in [0.05, 0.1) is 6.42 Å². The van der Waals surface area contributed by atoms with Gasteiger partial charge in [0.15, 0.2) is 5.92 Å². The summed E-state index contributed by atoms with van der Waals surface area (Å²) in [5.41, 5.74) is 5.04. The summed E-state index contributed by atoms with van der Waals surface area (Å²) >= 11 is 0. The van der Waals surface area contributed by atoms with Crippen LogP contribution in [0.25, 0.3) is 0 Å². The van der Waals surface area contributed by atoms with Crippen molar-refractivity contribution in [1.29, 1.82) is 0 Å². The van der Waals surface area contributed by atoms with Crippen molar-refractivity contribution in [2.75, 3.05) is 18.4 Å². The van der Waals surface area contributed by atoms with Crippen molar-refractivity contribution in [3.05, 3.63) is 64.7 Å². The Hall–Kier alpha value is -3.88. The van der Waals surface area contributed by atoms with E-state index in [9.17, 15) is 24.3 Å². The number of aliphatic carboxylic acids is 1. The maximum atomic E-state index is 12.9. The van der Waals surface area contributed by atoms with Crippen molar-refractivity contribution in [2.24, 2.45) is 5.92 Å². The quantitative estimate of drug-likeness (QED) is 0.381. The molecule has 0 bridgehead atoms. The Bertz CT molecular complexity index is 1200. The van der Waals surface area contributed by atoms with E-state index in [2.05, 4.69) is 19.2 Å². The third-order valence-electron chi connectivity index (χ3n) is 7.49. The number of hydrogen-bond acceptors (Lipinski definition) is 5. The molecule has 202 valence electrons. The van der Waals surface area contributed by atoms with Gasteiger partial charge >= 0.3 is 18.0 Å². The van der Waals surface area contributed by atoms with Crippen molar-refractivity contribution in [2.45, 2.75) is 65.1 Å². The summed E-state index contributed by atoms with van der Waals surface area (Å²) in [7, 11) is 0. The molecular formula is C29H35N3O6. The monoisotopic (exact) mass is 521 g/mol. The lowest BCUT2D eigenvalue weighted by molar-refractivity contribution is -0.162. The fraction of sp³-hybridized carbons (Fsp3) is 0.448. The van der Waals surface area contributed by atoms with Crippen molar-refractivity contribution in [3.8, 4) is 0 Å². The topological polar surface area (TPSA) is 116 Å². The maximum Gasteiger partial charge on any atom is 0.322 e. The molecule has 2 aromatic rings. The third kappa shape index (κ3) is 6.15. The summed E-state index contributed by atoms with van der Waals surface area (Å²) < 4.78 is 5.31. The second-order valence-electron chi connectivity index (χ2n) is 9.84. The highest BCUT2D eigenvalue weighted by atomic mass is 16.5. The maximum absolute atomic E-state index is 12.9. The number of carbonyl (C=O) groups excluding carboxylic acids is 3. The summed E-state index contributed by atoms with van der Waals surface area (Å²) in [6.45, 7) is 5.38. The van der Waals surface area contributed by atoms with Crippen LogP contribution in [0.3, 0.4) is 0 Å². The van der Waals surface area contributed by atoms with Gasteiger partial charge < -0.3 is 25.0 Å². The zero-order chi connectivity index (χ0) is 27.2. The van der Waals surface area contributed by atoms with Gasteiger partial charge in [-0.15, -0.1) is 0 Å². The second kappa shape index (κ2) is 12.1. The van der Waals surface area contributed by atoms with Crippen LogP contribution in [0.15, 0.2) is 42.5 Å². The minimum Gasteiger partial charge on any atom is -0.481 e. The van der Waals surface area contributed by atoms with Crippen LogP contribution in [-0.2, 0) is 45.1 Å². The molecule has 9 nitrogen and oxygen atoms in total. The van der Waals surface area contributed by atoms with Gasteiger partial charge in [0.1, 0.15) is 6.61 Å². The number of nitrogens with one attached hydrogen (secondary N) is 1. The highest BCUT2D eigenvalue weighted by Gasteiger charge is 2.36. The first-order valence-corrected chi connectivity index (χ1v) is 13.2. The molecular weight excluding hydrogens is 486 g/mol. The molecule has 0 aromatic heterocycles. The fourth-order valence-corrected chi connectivity index (χ4v) is 5.22. The van der Waals surface area contributed by atoms with Gasteiger partial charge in [-0.1, -0.05) is 50.2 Å². The highest BCUT2D eigenvalue weighted by Crippen LogP contribution is 2.28. The Morgan fingerprint density at radius 3 is 2.45 bits per heavy atom. The predicted octanol–water partition coefficient (Wildman–Crippen LogP) is 3.98. The molecule has 2 aliphatic heterocycles. The van der Waals surface area contributed by atoms with Crippen molar-refractivity contribution < 1.29 is 29.0 Å². The van der Waals surface area contributed by atoms with E-state index < -0.39 is 30.2 Å². The summed E-state index contributed by atoms with van der Waals surface area (Å²) in [4.78, 5) is 53.4. The molecule has 9 heteroatoms. The van der Waals surface area contributed by atoms with Gasteiger partial charge in [0, 0.05) is 31.4 Å². The van der Waals surface area contributed by atoms with Crippen molar-refractivity contribution >= 4 is 29.6 Å². The Kier molecular flexibility index (Phi) is 8.66. The van der Waals surface area contributed by atoms with E-state index in [1.165, 1.54) is 11.1 Å². The Morgan fingerprint density at radius 2 is 1.76 bits per heavy atom. The number of carboxylic acid groups (broad SMARTS) is 1. The summed E-state index contributed by atoms with van der Waals surface area (Å²) in [6, 6.07) is 13.3. The van der Waals surface area contributed by atoms with E-state index >= 15 is 0 Å². The van der Waals surface area contributed by atoms with Gasteiger partial charge in [-0.05, 0) is 54.0 Å². The number of urea groups is 1. The number of hydrogen-bond donors (Lipinski definition) is 2. The van der Waals surface area contributed by atoms with Crippen LogP contribution in [0.1, 0.15) is 55.4 Å². The smallest absolute Gasteiger partial charge is 0.322 e. The number of fused-ring (bicyclic) bond motifs is 1. The number of anilines is 1. The van der Waals surface area contributed by atoms with Crippen LogP contribution in [0.5, 0.6) is 0 Å². The predicted molar refractivity (Wildman–Crippen MR) is 141 cm³/mol. The lowest BCUT2D eigenvalue weighted by Gasteiger charge is -2.40. The second-order valence-corrected chi connectivity index (χ2v) is 9.84. The fourth-order valence-electron chi connectivity index (χ4n) is 5.22. The van der Waals surface area contributed by atoms with E-state index in [0.29, 0.717) is 32.5 Å². The molecule has 0 radical (unpaired) electrons. The van der Waals surface area contributed by atoms with E-state index in [4.69, 9.17) is 4.74 Å². The number of para-hydroxylation sites is 1. The van der Waals surface area contributed by atoms with E-state index in [-0.39, 0.29) is 18.7 Å². The summed E-state index contributed by atoms with van der Waals surface area (Å²) in [5.74, 6) is -4.26. The number of carboxylic acids is 1. The van der Waals surface area contributed by atoms with Gasteiger partial charge in [-0.25, -0.2) is 4.79 Å². The van der Waals surface area contributed by atoms with Crippen LogP contribution in [0, 0.1) is 5.92 Å². The molecule has 4 rings (SSSR count). The molecule has 38 heavy (non-hydrogen) atoms. The number of piperidine rings is 1. The van der Waals surface area contributed by atoms with Gasteiger partial charge in [0.25, 0.3) is 0 Å². The number of carbonyl (C=O) groups is 4. The minimum atomic E-state index is -1.56. The number of rotatable bonds is 9. The Balaban J connectivity index is 1.30. The first kappa shape index (κ1) is 27.2. The number of ether oxygens (including phenoxy) is 1. The molecule has 0 aliphatic carbocycles. The molecule has 0 saturated carbocycles. The highest BCUT2D eigenvalue weighted by molar-refractivity contribution is 5.98. The van der Waals surface area contributed by atoms with Crippen molar-refractivity contribution in [3.63, 3.8) is 0 Å². The Labute approximate surface area is 222 Å². The molecule has 1 fully saturated rings. The first-order valence-electron chi connectivity index (χ1n) is 13.2. The van der Waals surface area contributed by atoms with Gasteiger partial charge in [-0.2, -0.15) is 0 Å². The number of benzene rings is 2. The van der Waals surface area contributed by atoms with E-state index in [1.54, 1.807) is 9.80 Å². The molecule has 2 aliphatic rings. The number of nitrogens with zero attached hydrogens (tertiary/aromatic N) is 2. The van der Waals surface area contributed by atoms with E-state index in [1.807, 2.05) is 42.5 Å². The van der Waals surface area contributed by atoms with Gasteiger partial charge in [-0.3, -0.25) is 14.4 Å². The third-order valence-corrected chi connectivity index (χ3v) is 7.49. The molecule has 1 atom stereocenters. The molecule has 1 saturated heterocycles. The summed E-state index contributed by atoms with van der Waals surface area (Å²) in [5, 5.41) is 12.6. The van der Waals surface area contributed by atoms with Gasteiger partial charge in [0.2, 0.25) is 5.91 Å². The largest absolute Gasteiger partial charge is 0.481 e. The average Bonchev–Trinajstić information content (AvgIpc) is 2.93. The Morgan fingerprint density at radius 1 is 1.05 bits per heavy atom.